The van der Waals surface area contributed by atoms with Crippen molar-refractivity contribution in [1.29, 1.82) is 0 Å². The van der Waals surface area contributed by atoms with Crippen LogP contribution in [0.15, 0.2) is 253 Å². The summed E-state index contributed by atoms with van der Waals surface area (Å²) < 4.78 is 0. The quantitative estimate of drug-likeness (QED) is 0.0514. The molecule has 0 aliphatic heterocycles. The van der Waals surface area contributed by atoms with Crippen LogP contribution in [-0.2, 0) is 60.2 Å². The Hall–Kier alpha value is -5.74. The summed E-state index contributed by atoms with van der Waals surface area (Å²) in [6, 6.07) is 89.7. The Bertz CT molecular complexity index is 2740. The summed E-state index contributed by atoms with van der Waals surface area (Å²) in [7, 11) is -3.25. The maximum absolute atomic E-state index is 4.04. The summed E-state index contributed by atoms with van der Waals surface area (Å²) in [5.74, 6) is 0.123. The van der Waals surface area contributed by atoms with Crippen molar-refractivity contribution >= 4 is 60.9 Å². The molecule has 73 heavy (non-hydrogen) atoms. The molecule has 0 spiro atoms. The van der Waals surface area contributed by atoms with E-state index in [1.54, 1.807) is 5.20 Å². The van der Waals surface area contributed by atoms with Crippen LogP contribution in [0.4, 0.5) is 0 Å². The molecule has 5 heteroatoms. The first kappa shape index (κ1) is 56.6. The third kappa shape index (κ3) is 13.5. The van der Waals surface area contributed by atoms with Crippen LogP contribution < -0.4 is 15.6 Å². The third-order valence-electron chi connectivity index (χ3n) is 14.2. The molecule has 0 nitrogen and oxygen atoms in total. The van der Waals surface area contributed by atoms with E-state index in [0.717, 1.165) is 38.5 Å². The van der Waals surface area contributed by atoms with Crippen molar-refractivity contribution in [3.63, 3.8) is 0 Å². The van der Waals surface area contributed by atoms with E-state index in [4.69, 9.17) is 0 Å². The van der Waals surface area contributed by atoms with E-state index in [1.807, 2.05) is 0 Å². The standard InChI is InChI=1S/C68H61Si.3ClH.Ti/c1-50-34-51(2)68(52(50)3)69(65-44-59(35-53-22-10-4-11-23-53)41-60(45-65)36-54-24-12-5-13-25-54,66-46-61(37-55-26-14-6-15-27-55)42-62(47-66)38-56-28-16-7-17-29-56)67-48-63(39-57-30-18-8-19-31-57)43-64(49-67)40-58-32-20-9-21-33-58;;;;/h4-33,41-49,51H,35-40H2,1-3H3;3*1H;/q-1;;;;. The molecule has 1 aliphatic rings. The van der Waals surface area contributed by atoms with Crippen molar-refractivity contribution in [3.8, 4) is 0 Å². The van der Waals surface area contributed by atoms with Crippen LogP contribution in [-0.4, -0.2) is 8.07 Å². The number of rotatable bonds is 16. The molecule has 9 aromatic rings. The Morgan fingerprint density at radius 1 is 0.315 bits per heavy atom. The molecule has 0 fully saturated rings. The second-order valence-electron chi connectivity index (χ2n) is 19.4. The molecule has 9 aromatic carbocycles. The van der Waals surface area contributed by atoms with E-state index < -0.39 is 8.07 Å². The van der Waals surface area contributed by atoms with Gasteiger partial charge in [0.05, 0.1) is 0 Å². The number of allylic oxidation sites excluding steroid dienone is 4. The number of hydrogen-bond donors (Lipinski definition) is 0. The van der Waals surface area contributed by atoms with Crippen molar-refractivity contribution in [2.24, 2.45) is 5.92 Å². The van der Waals surface area contributed by atoms with Crippen molar-refractivity contribution in [2.45, 2.75) is 59.3 Å². The minimum atomic E-state index is -3.25. The van der Waals surface area contributed by atoms with Crippen molar-refractivity contribution in [1.82, 2.24) is 0 Å². The molecule has 0 saturated carbocycles. The fourth-order valence-corrected chi connectivity index (χ4v) is 17.0. The Morgan fingerprint density at radius 3 is 0.699 bits per heavy atom. The van der Waals surface area contributed by atoms with Crippen LogP contribution in [0.1, 0.15) is 87.5 Å². The van der Waals surface area contributed by atoms with Crippen molar-refractivity contribution < 1.29 is 21.7 Å². The monoisotopic (exact) mass is 1060 g/mol. The van der Waals surface area contributed by atoms with E-state index in [2.05, 4.69) is 263 Å². The largest absolute Gasteiger partial charge is 0.267 e. The van der Waals surface area contributed by atoms with Crippen LogP contribution in [0.5, 0.6) is 0 Å². The smallest absolute Gasteiger partial charge is 0.157 e. The van der Waals surface area contributed by atoms with Gasteiger partial charge >= 0.3 is 0 Å². The van der Waals surface area contributed by atoms with Gasteiger partial charge in [0.15, 0.2) is 8.07 Å². The molecule has 10 rings (SSSR count). The van der Waals surface area contributed by atoms with Gasteiger partial charge in [-0.05, 0) is 121 Å². The van der Waals surface area contributed by atoms with Gasteiger partial charge in [-0.25, -0.2) is 11.1 Å². The van der Waals surface area contributed by atoms with Crippen LogP contribution >= 0.6 is 37.2 Å². The molecular formula is C68H64Cl3SiTi-. The number of benzene rings is 9. The molecule has 0 saturated heterocycles. The molecule has 0 aromatic heterocycles. The first-order valence-electron chi connectivity index (χ1n) is 24.8. The zero-order valence-corrected chi connectivity index (χ0v) is 47.1. The van der Waals surface area contributed by atoms with E-state index >= 15 is 0 Å². The maximum atomic E-state index is 4.04. The van der Waals surface area contributed by atoms with Crippen molar-refractivity contribution in [2.75, 3.05) is 0 Å². The summed E-state index contributed by atoms with van der Waals surface area (Å²) >= 11 is 0. The van der Waals surface area contributed by atoms with Gasteiger partial charge in [0.25, 0.3) is 0 Å². The predicted molar refractivity (Wildman–Crippen MR) is 316 cm³/mol. The van der Waals surface area contributed by atoms with Gasteiger partial charge < -0.3 is 0 Å². The summed E-state index contributed by atoms with van der Waals surface area (Å²) in [6.45, 7) is 7.12. The average Bonchev–Trinajstić information content (AvgIpc) is 3.62. The zero-order valence-electron chi connectivity index (χ0n) is 42.1. The molecule has 0 heterocycles. The van der Waals surface area contributed by atoms with E-state index in [0.29, 0.717) is 0 Å². The van der Waals surface area contributed by atoms with Gasteiger partial charge in [0.1, 0.15) is 0 Å². The SMILES string of the molecule is CC1=[C-]C(C)C([Si](c2cc(Cc3ccccc3)cc(Cc3ccccc3)c2)(c2cc(Cc3ccccc3)cc(Cc3ccccc3)c2)c2cc(Cc3ccccc3)cc(Cc3ccccc3)c2)=C1C.Cl.Cl.Cl.[Ti]. The normalized spacial score (nSPS) is 12.9. The van der Waals surface area contributed by atoms with Gasteiger partial charge in [-0.15, -0.1) is 44.1 Å². The average molecular weight is 1060 g/mol. The Labute approximate surface area is 469 Å². The molecule has 0 N–H and O–H groups in total. The second-order valence-corrected chi connectivity index (χ2v) is 23.1. The minimum absolute atomic E-state index is 0. The van der Waals surface area contributed by atoms with Gasteiger partial charge in [-0.1, -0.05) is 256 Å². The van der Waals surface area contributed by atoms with Crippen LogP contribution in [0.3, 0.4) is 0 Å². The zero-order chi connectivity index (χ0) is 47.0. The summed E-state index contributed by atoms with van der Waals surface area (Å²) in [4.78, 5) is 0. The summed E-state index contributed by atoms with van der Waals surface area (Å²) in [6.07, 6.45) is 9.19. The van der Waals surface area contributed by atoms with Crippen molar-refractivity contribution in [3.05, 3.63) is 326 Å². The Kier molecular flexibility index (Phi) is 20.5. The Morgan fingerprint density at radius 2 is 0.521 bits per heavy atom. The Balaban J connectivity index is 0.00000217. The van der Waals surface area contributed by atoms with Crippen LogP contribution in [0, 0.1) is 12.0 Å². The molecule has 1 atom stereocenters. The van der Waals surface area contributed by atoms with Crippen LogP contribution in [0.2, 0.25) is 0 Å². The van der Waals surface area contributed by atoms with E-state index in [-0.39, 0.29) is 64.9 Å². The minimum Gasteiger partial charge on any atom is -0.267 e. The first-order valence-corrected chi connectivity index (χ1v) is 26.8. The fourth-order valence-electron chi connectivity index (χ4n) is 11.1. The predicted octanol–water partition coefficient (Wildman–Crippen LogP) is 15.2. The molecule has 0 amide bonds. The topological polar surface area (TPSA) is 0 Å². The van der Waals surface area contributed by atoms with Crippen LogP contribution in [0.25, 0.3) is 0 Å². The molecule has 0 radical (unpaired) electrons. The molecule has 366 valence electrons. The van der Waals surface area contributed by atoms with E-state index in [1.165, 1.54) is 93.5 Å². The fraction of sp³-hybridized carbons (Fsp3) is 0.147. The van der Waals surface area contributed by atoms with Gasteiger partial charge in [0, 0.05) is 21.7 Å². The van der Waals surface area contributed by atoms with Gasteiger partial charge in [-0.2, -0.15) is 5.20 Å². The molecule has 1 unspecified atom stereocenters. The van der Waals surface area contributed by atoms with E-state index in [9.17, 15) is 0 Å². The second kappa shape index (κ2) is 26.5. The molecule has 1 aliphatic carbocycles. The number of hydrogen-bond acceptors (Lipinski definition) is 0. The first-order chi connectivity index (χ1) is 33.8. The summed E-state index contributed by atoms with van der Waals surface area (Å²) in [5, 5.41) is 5.89. The van der Waals surface area contributed by atoms with Gasteiger partial charge in [-0.3, -0.25) is 6.08 Å². The maximum Gasteiger partial charge on any atom is 0.157 e. The number of halogens is 3. The molecular weight excluding hydrogens is 999 g/mol. The molecule has 0 bridgehead atoms. The van der Waals surface area contributed by atoms with Gasteiger partial charge in [0.2, 0.25) is 0 Å². The third-order valence-corrected chi connectivity index (χ3v) is 19.3. The summed E-state index contributed by atoms with van der Waals surface area (Å²) in [5.41, 5.74) is 18.8.